The lowest BCUT2D eigenvalue weighted by Gasteiger charge is -2.06. The highest BCUT2D eigenvalue weighted by atomic mass is 35.5. The highest BCUT2D eigenvalue weighted by Crippen LogP contribution is 2.23. The Kier molecular flexibility index (Phi) is 4.44. The number of sulfonamides is 1. The molecule has 0 saturated carbocycles. The summed E-state index contributed by atoms with van der Waals surface area (Å²) in [6.07, 6.45) is 0. The average Bonchev–Trinajstić information content (AvgIpc) is 2.76. The van der Waals surface area contributed by atoms with Crippen LogP contribution >= 0.6 is 22.9 Å². The van der Waals surface area contributed by atoms with Crippen LogP contribution in [0.4, 0.5) is 5.69 Å². The van der Waals surface area contributed by atoms with E-state index >= 15 is 0 Å². The third-order valence-corrected chi connectivity index (χ3v) is 4.89. The molecule has 0 unspecified atom stereocenters. The fraction of sp³-hybridized carbons (Fsp3) is 0.250. The zero-order chi connectivity index (χ0) is 13.9. The smallest absolute Gasteiger partial charge is 0.233 e. The van der Waals surface area contributed by atoms with Crippen LogP contribution in [0.25, 0.3) is 11.3 Å². The summed E-state index contributed by atoms with van der Waals surface area (Å²) in [5.74, 6) is -0.0207. The minimum Gasteiger partial charge on any atom is -0.284 e. The van der Waals surface area contributed by atoms with Crippen LogP contribution in [0.2, 0.25) is 0 Å². The summed E-state index contributed by atoms with van der Waals surface area (Å²) in [5.41, 5.74) is 2.39. The monoisotopic (exact) mass is 316 g/mol. The maximum absolute atomic E-state index is 11.6. The summed E-state index contributed by atoms with van der Waals surface area (Å²) in [6, 6.07) is 7.12. The van der Waals surface area contributed by atoms with Crippen molar-refractivity contribution in [2.24, 2.45) is 0 Å². The molecule has 0 saturated heterocycles. The molecule has 0 aliphatic carbocycles. The zero-order valence-electron chi connectivity index (χ0n) is 10.3. The minimum atomic E-state index is -3.35. The van der Waals surface area contributed by atoms with Gasteiger partial charge in [-0.25, -0.2) is 13.4 Å². The van der Waals surface area contributed by atoms with Gasteiger partial charge in [-0.1, -0.05) is 12.1 Å². The number of hydrogen-bond acceptors (Lipinski definition) is 4. The number of nitrogens with zero attached hydrogens (tertiary/aromatic N) is 1. The van der Waals surface area contributed by atoms with Crippen LogP contribution < -0.4 is 4.72 Å². The first kappa shape index (κ1) is 14.3. The van der Waals surface area contributed by atoms with E-state index < -0.39 is 10.0 Å². The summed E-state index contributed by atoms with van der Waals surface area (Å²) in [6.45, 7) is 1.95. The van der Waals surface area contributed by atoms with Gasteiger partial charge in [-0.2, -0.15) is 0 Å². The summed E-state index contributed by atoms with van der Waals surface area (Å²) in [4.78, 5) is 4.38. The van der Waals surface area contributed by atoms with Crippen molar-refractivity contribution >= 4 is 38.6 Å². The Labute approximate surface area is 121 Å². The number of anilines is 1. The molecule has 0 radical (unpaired) electrons. The van der Waals surface area contributed by atoms with E-state index in [-0.39, 0.29) is 11.6 Å². The minimum absolute atomic E-state index is 0.0749. The van der Waals surface area contributed by atoms with E-state index in [1.165, 1.54) is 0 Å². The summed E-state index contributed by atoms with van der Waals surface area (Å²) in [7, 11) is -3.35. The molecule has 4 nitrogen and oxygen atoms in total. The summed E-state index contributed by atoms with van der Waals surface area (Å²) < 4.78 is 25.6. The van der Waals surface area contributed by atoms with Gasteiger partial charge in [0.1, 0.15) is 0 Å². The maximum atomic E-state index is 11.6. The zero-order valence-corrected chi connectivity index (χ0v) is 12.6. The molecule has 0 bridgehead atoms. The molecular weight excluding hydrogens is 304 g/mol. The lowest BCUT2D eigenvalue weighted by atomic mass is 10.1. The van der Waals surface area contributed by atoms with Crippen molar-refractivity contribution in [2.75, 3.05) is 16.4 Å². The van der Waals surface area contributed by atoms with E-state index in [9.17, 15) is 8.42 Å². The first-order valence-electron chi connectivity index (χ1n) is 5.59. The van der Waals surface area contributed by atoms with Crippen molar-refractivity contribution in [3.8, 4) is 11.3 Å². The molecule has 2 rings (SSSR count). The summed E-state index contributed by atoms with van der Waals surface area (Å²) >= 11 is 7.02. The fourth-order valence-electron chi connectivity index (χ4n) is 1.54. The Hall–Kier alpha value is -1.11. The molecule has 0 aliphatic heterocycles. The molecule has 0 amide bonds. The normalized spacial score (nSPS) is 11.5. The standard InChI is InChI=1S/C12H13ClN2O2S2/c1-9-14-12(8-18-9)10-2-4-11(5-3-10)15-19(16,17)7-6-13/h2-5,8,15H,6-7H2,1H3. The van der Waals surface area contributed by atoms with Crippen LogP contribution in [0, 0.1) is 6.92 Å². The van der Waals surface area contributed by atoms with Crippen LogP contribution in [0.15, 0.2) is 29.6 Å². The van der Waals surface area contributed by atoms with Gasteiger partial charge in [0.25, 0.3) is 0 Å². The molecule has 1 heterocycles. The largest absolute Gasteiger partial charge is 0.284 e. The first-order chi connectivity index (χ1) is 9.00. The highest BCUT2D eigenvalue weighted by molar-refractivity contribution is 7.92. The molecule has 2 aromatic rings. The molecule has 0 atom stereocenters. The number of thiazole rings is 1. The maximum Gasteiger partial charge on any atom is 0.233 e. The van der Waals surface area contributed by atoms with Crippen LogP contribution in [-0.2, 0) is 10.0 Å². The van der Waals surface area contributed by atoms with Crippen LogP contribution in [0.1, 0.15) is 5.01 Å². The average molecular weight is 317 g/mol. The number of aromatic nitrogens is 1. The molecule has 19 heavy (non-hydrogen) atoms. The number of hydrogen-bond donors (Lipinski definition) is 1. The Balaban J connectivity index is 2.15. The van der Waals surface area contributed by atoms with Gasteiger partial charge < -0.3 is 0 Å². The predicted molar refractivity (Wildman–Crippen MR) is 80.4 cm³/mol. The molecular formula is C12H13ClN2O2S2. The van der Waals surface area contributed by atoms with E-state index in [0.29, 0.717) is 5.69 Å². The number of alkyl halides is 1. The van der Waals surface area contributed by atoms with Crippen molar-refractivity contribution in [1.82, 2.24) is 4.98 Å². The molecule has 0 aliphatic rings. The van der Waals surface area contributed by atoms with E-state index in [1.807, 2.05) is 24.4 Å². The quantitative estimate of drug-likeness (QED) is 0.862. The molecule has 0 spiro atoms. The van der Waals surface area contributed by atoms with Gasteiger partial charge in [-0.05, 0) is 19.1 Å². The third kappa shape index (κ3) is 3.92. The number of nitrogens with one attached hydrogen (secondary N) is 1. The lowest BCUT2D eigenvalue weighted by molar-refractivity contribution is 0.602. The lowest BCUT2D eigenvalue weighted by Crippen LogP contribution is -2.17. The van der Waals surface area contributed by atoms with Crippen molar-refractivity contribution in [3.05, 3.63) is 34.7 Å². The number of halogens is 1. The molecule has 7 heteroatoms. The molecule has 102 valence electrons. The number of aryl methyl sites for hydroxylation is 1. The van der Waals surface area contributed by atoms with Gasteiger partial charge in [0.05, 0.1) is 16.5 Å². The van der Waals surface area contributed by atoms with Gasteiger partial charge in [0.2, 0.25) is 10.0 Å². The molecule has 1 aromatic heterocycles. The van der Waals surface area contributed by atoms with E-state index in [4.69, 9.17) is 11.6 Å². The topological polar surface area (TPSA) is 59.1 Å². The van der Waals surface area contributed by atoms with Crippen LogP contribution in [0.5, 0.6) is 0 Å². The van der Waals surface area contributed by atoms with Gasteiger partial charge in [0.15, 0.2) is 0 Å². The Bertz CT molecular complexity index is 651. The second-order valence-corrected chi connectivity index (χ2v) is 7.22. The van der Waals surface area contributed by atoms with Gasteiger partial charge >= 0.3 is 0 Å². The third-order valence-electron chi connectivity index (χ3n) is 2.42. The first-order valence-corrected chi connectivity index (χ1v) is 8.66. The summed E-state index contributed by atoms with van der Waals surface area (Å²) in [5, 5.41) is 2.98. The van der Waals surface area contributed by atoms with E-state index in [1.54, 1.807) is 23.5 Å². The van der Waals surface area contributed by atoms with Crippen molar-refractivity contribution in [2.45, 2.75) is 6.92 Å². The SMILES string of the molecule is Cc1nc(-c2ccc(NS(=O)(=O)CCCl)cc2)cs1. The second-order valence-electron chi connectivity index (χ2n) is 3.94. The van der Waals surface area contributed by atoms with Gasteiger partial charge in [-0.15, -0.1) is 22.9 Å². The highest BCUT2D eigenvalue weighted by Gasteiger charge is 2.09. The van der Waals surface area contributed by atoms with Gasteiger partial charge in [-0.3, -0.25) is 4.72 Å². The Morgan fingerprint density at radius 3 is 2.53 bits per heavy atom. The number of benzene rings is 1. The molecule has 0 fully saturated rings. The Morgan fingerprint density at radius 1 is 1.32 bits per heavy atom. The van der Waals surface area contributed by atoms with Crippen LogP contribution in [0.3, 0.4) is 0 Å². The van der Waals surface area contributed by atoms with Crippen molar-refractivity contribution in [3.63, 3.8) is 0 Å². The fourth-order valence-corrected chi connectivity index (χ4v) is 3.57. The molecule has 1 N–H and O–H groups in total. The second kappa shape index (κ2) is 5.90. The van der Waals surface area contributed by atoms with Crippen molar-refractivity contribution < 1.29 is 8.42 Å². The van der Waals surface area contributed by atoms with E-state index in [2.05, 4.69) is 9.71 Å². The van der Waals surface area contributed by atoms with Crippen LogP contribution in [-0.4, -0.2) is 25.0 Å². The molecule has 1 aromatic carbocycles. The predicted octanol–water partition coefficient (Wildman–Crippen LogP) is 3.10. The number of rotatable bonds is 5. The van der Waals surface area contributed by atoms with Gasteiger partial charge in [0, 0.05) is 22.5 Å². The van der Waals surface area contributed by atoms with Crippen molar-refractivity contribution in [1.29, 1.82) is 0 Å². The van der Waals surface area contributed by atoms with E-state index in [0.717, 1.165) is 16.3 Å². The Morgan fingerprint density at radius 2 is 2.00 bits per heavy atom.